The van der Waals surface area contributed by atoms with Gasteiger partial charge in [0.15, 0.2) is 0 Å². The van der Waals surface area contributed by atoms with Crippen molar-refractivity contribution in [3.8, 4) is 11.8 Å². The van der Waals surface area contributed by atoms with Gasteiger partial charge in [-0.2, -0.15) is 5.26 Å². The molecule has 0 aliphatic heterocycles. The van der Waals surface area contributed by atoms with Crippen LogP contribution in [0.1, 0.15) is 36.8 Å². The molecule has 0 fully saturated rings. The normalized spacial score (nSPS) is 13.5. The van der Waals surface area contributed by atoms with Gasteiger partial charge in [-0.1, -0.05) is 6.07 Å². The standard InChI is InChI=1S/C15H17NO2/c16-9-7-14(17)8-10-18-15-6-5-12-3-1-2-4-13(12)11-15/h5-6,11H,1-4,7-8,10H2. The van der Waals surface area contributed by atoms with E-state index in [1.165, 1.54) is 24.0 Å². The highest BCUT2D eigenvalue weighted by Gasteiger charge is 2.10. The number of carbonyl (C=O) groups is 1. The minimum absolute atomic E-state index is 0.0203. The highest BCUT2D eigenvalue weighted by molar-refractivity contribution is 5.80. The number of ether oxygens (including phenoxy) is 1. The van der Waals surface area contributed by atoms with Crippen molar-refractivity contribution in [2.45, 2.75) is 38.5 Å². The molecule has 0 aromatic heterocycles. The third kappa shape index (κ3) is 3.33. The van der Waals surface area contributed by atoms with E-state index in [-0.39, 0.29) is 12.2 Å². The zero-order valence-electron chi connectivity index (χ0n) is 10.4. The summed E-state index contributed by atoms with van der Waals surface area (Å²) < 4.78 is 5.56. The maximum Gasteiger partial charge on any atom is 0.150 e. The molecule has 1 aliphatic carbocycles. The van der Waals surface area contributed by atoms with E-state index >= 15 is 0 Å². The summed E-state index contributed by atoms with van der Waals surface area (Å²) in [5.41, 5.74) is 2.80. The SMILES string of the molecule is N#CCC(=O)CCOc1ccc2c(c1)CCCC2. The van der Waals surface area contributed by atoms with Crippen LogP contribution in [0.5, 0.6) is 5.75 Å². The van der Waals surface area contributed by atoms with E-state index in [0.717, 1.165) is 18.6 Å². The monoisotopic (exact) mass is 243 g/mol. The Morgan fingerprint density at radius 1 is 1.28 bits per heavy atom. The molecule has 0 unspecified atom stereocenters. The van der Waals surface area contributed by atoms with Crippen LogP contribution in [0.25, 0.3) is 0 Å². The molecule has 0 heterocycles. The minimum Gasteiger partial charge on any atom is -0.493 e. The van der Waals surface area contributed by atoms with E-state index in [1.807, 2.05) is 12.1 Å². The quantitative estimate of drug-likeness (QED) is 0.799. The van der Waals surface area contributed by atoms with Crippen LogP contribution in [0.2, 0.25) is 0 Å². The van der Waals surface area contributed by atoms with Crippen molar-refractivity contribution in [1.82, 2.24) is 0 Å². The summed E-state index contributed by atoms with van der Waals surface area (Å²) in [5.74, 6) is 0.774. The van der Waals surface area contributed by atoms with Crippen molar-refractivity contribution in [3.05, 3.63) is 29.3 Å². The zero-order valence-corrected chi connectivity index (χ0v) is 10.4. The first kappa shape index (κ1) is 12.6. The van der Waals surface area contributed by atoms with Crippen molar-refractivity contribution in [2.75, 3.05) is 6.61 Å². The van der Waals surface area contributed by atoms with E-state index in [0.29, 0.717) is 13.0 Å². The number of fused-ring (bicyclic) bond motifs is 1. The Kier molecular flexibility index (Phi) is 4.35. The molecule has 1 aromatic carbocycles. The van der Waals surface area contributed by atoms with Crippen LogP contribution in [0.15, 0.2) is 18.2 Å². The van der Waals surface area contributed by atoms with Crippen LogP contribution in [0.4, 0.5) is 0 Å². The smallest absolute Gasteiger partial charge is 0.150 e. The van der Waals surface area contributed by atoms with Gasteiger partial charge < -0.3 is 4.74 Å². The fourth-order valence-electron chi connectivity index (χ4n) is 2.26. The van der Waals surface area contributed by atoms with E-state index in [9.17, 15) is 4.79 Å². The molecule has 18 heavy (non-hydrogen) atoms. The molecular formula is C15H17NO2. The van der Waals surface area contributed by atoms with Crippen molar-refractivity contribution >= 4 is 5.78 Å². The lowest BCUT2D eigenvalue weighted by Crippen LogP contribution is -2.07. The number of Topliss-reactive ketones (excluding diaryl/α,β-unsaturated/α-hetero) is 1. The highest BCUT2D eigenvalue weighted by Crippen LogP contribution is 2.25. The highest BCUT2D eigenvalue weighted by atomic mass is 16.5. The zero-order chi connectivity index (χ0) is 12.8. The van der Waals surface area contributed by atoms with Crippen LogP contribution >= 0.6 is 0 Å². The van der Waals surface area contributed by atoms with Crippen molar-refractivity contribution in [3.63, 3.8) is 0 Å². The third-order valence-electron chi connectivity index (χ3n) is 3.25. The maximum atomic E-state index is 11.2. The summed E-state index contributed by atoms with van der Waals surface area (Å²) >= 11 is 0. The first-order valence-electron chi connectivity index (χ1n) is 6.43. The molecule has 0 saturated carbocycles. The molecule has 3 heteroatoms. The number of nitrogens with zero attached hydrogens (tertiary/aromatic N) is 1. The average Bonchev–Trinajstić information content (AvgIpc) is 2.39. The largest absolute Gasteiger partial charge is 0.493 e. The van der Waals surface area contributed by atoms with Gasteiger partial charge in [-0.05, 0) is 48.9 Å². The summed E-state index contributed by atoms with van der Waals surface area (Å²) in [4.78, 5) is 11.2. The van der Waals surface area contributed by atoms with E-state index in [4.69, 9.17) is 10.00 Å². The Balaban J connectivity index is 1.87. The number of benzene rings is 1. The summed E-state index contributed by atoms with van der Waals surface area (Å²) in [7, 11) is 0. The van der Waals surface area contributed by atoms with Gasteiger partial charge >= 0.3 is 0 Å². The topological polar surface area (TPSA) is 50.1 Å². The lowest BCUT2D eigenvalue weighted by atomic mass is 9.92. The van der Waals surface area contributed by atoms with Gasteiger partial charge in [-0.3, -0.25) is 4.79 Å². The third-order valence-corrected chi connectivity index (χ3v) is 3.25. The molecule has 0 bridgehead atoms. The molecule has 2 rings (SSSR count). The van der Waals surface area contributed by atoms with Gasteiger partial charge in [0.05, 0.1) is 19.1 Å². The number of rotatable bonds is 5. The number of carbonyl (C=O) groups excluding carboxylic acids is 1. The molecule has 3 nitrogen and oxygen atoms in total. The molecule has 1 aliphatic rings. The van der Waals surface area contributed by atoms with Gasteiger partial charge in [0.25, 0.3) is 0 Å². The minimum atomic E-state index is -0.0598. The van der Waals surface area contributed by atoms with Gasteiger partial charge in [-0.25, -0.2) is 0 Å². The number of nitriles is 1. The second-order valence-electron chi connectivity index (χ2n) is 4.61. The lowest BCUT2D eigenvalue weighted by Gasteiger charge is -2.16. The Morgan fingerprint density at radius 3 is 2.83 bits per heavy atom. The first-order chi connectivity index (χ1) is 8.79. The van der Waals surface area contributed by atoms with Crippen molar-refractivity contribution < 1.29 is 9.53 Å². The molecule has 0 saturated heterocycles. The molecule has 0 amide bonds. The first-order valence-corrected chi connectivity index (χ1v) is 6.43. The molecule has 0 N–H and O–H groups in total. The van der Waals surface area contributed by atoms with Gasteiger partial charge in [0, 0.05) is 6.42 Å². The molecule has 0 spiro atoms. The Labute approximate surface area is 107 Å². The summed E-state index contributed by atoms with van der Waals surface area (Å²) in [6, 6.07) is 8.04. The number of ketones is 1. The van der Waals surface area contributed by atoms with Crippen molar-refractivity contribution in [2.24, 2.45) is 0 Å². The Hall–Kier alpha value is -1.82. The van der Waals surface area contributed by atoms with E-state index in [1.54, 1.807) is 0 Å². The fraction of sp³-hybridized carbons (Fsp3) is 0.467. The lowest BCUT2D eigenvalue weighted by molar-refractivity contribution is -0.118. The van der Waals surface area contributed by atoms with E-state index in [2.05, 4.69) is 12.1 Å². The van der Waals surface area contributed by atoms with Gasteiger partial charge in [0.2, 0.25) is 0 Å². The second-order valence-corrected chi connectivity index (χ2v) is 4.61. The van der Waals surface area contributed by atoms with Crippen LogP contribution < -0.4 is 4.74 Å². The number of hydrogen-bond donors (Lipinski definition) is 0. The number of hydrogen-bond acceptors (Lipinski definition) is 3. The molecule has 0 atom stereocenters. The fourth-order valence-corrected chi connectivity index (χ4v) is 2.26. The predicted octanol–water partition coefficient (Wildman–Crippen LogP) is 2.82. The van der Waals surface area contributed by atoms with Gasteiger partial charge in [-0.15, -0.1) is 0 Å². The Morgan fingerprint density at radius 2 is 2.06 bits per heavy atom. The predicted molar refractivity (Wildman–Crippen MR) is 68.4 cm³/mol. The van der Waals surface area contributed by atoms with Crippen LogP contribution in [-0.4, -0.2) is 12.4 Å². The second kappa shape index (κ2) is 6.20. The van der Waals surface area contributed by atoms with Crippen LogP contribution in [0, 0.1) is 11.3 Å². The summed E-state index contributed by atoms with van der Waals surface area (Å²) in [5, 5.41) is 8.37. The van der Waals surface area contributed by atoms with Crippen molar-refractivity contribution in [1.29, 1.82) is 5.26 Å². The van der Waals surface area contributed by atoms with Crippen LogP contribution in [-0.2, 0) is 17.6 Å². The molecule has 94 valence electrons. The van der Waals surface area contributed by atoms with Gasteiger partial charge in [0.1, 0.15) is 11.5 Å². The summed E-state index contributed by atoms with van der Waals surface area (Å²) in [6.07, 6.45) is 5.10. The molecular weight excluding hydrogens is 226 g/mol. The number of aryl methyl sites for hydroxylation is 2. The molecule has 1 aromatic rings. The van der Waals surface area contributed by atoms with Crippen LogP contribution in [0.3, 0.4) is 0 Å². The van der Waals surface area contributed by atoms with E-state index < -0.39 is 0 Å². The maximum absolute atomic E-state index is 11.2. The summed E-state index contributed by atoms with van der Waals surface area (Å²) in [6.45, 7) is 0.360. The molecule has 0 radical (unpaired) electrons. The Bertz CT molecular complexity index is 474. The average molecular weight is 243 g/mol.